The Morgan fingerprint density at radius 3 is 2.08 bits per heavy atom. The fourth-order valence-corrected chi connectivity index (χ4v) is 6.28. The van der Waals surface area contributed by atoms with Crippen LogP contribution in [0.2, 0.25) is 0 Å². The highest BCUT2D eigenvalue weighted by Gasteiger charge is 2.38. The smallest absolute Gasteiger partial charge is 0.126 e. The molecule has 1 aromatic carbocycles. The van der Waals surface area contributed by atoms with Gasteiger partial charge in [-0.1, -0.05) is 31.9 Å². The Kier molecular flexibility index (Phi) is 5.20. The summed E-state index contributed by atoms with van der Waals surface area (Å²) in [6.45, 7) is 4.30. The summed E-state index contributed by atoms with van der Waals surface area (Å²) in [7, 11) is 0. The predicted molar refractivity (Wildman–Crippen MR) is 103 cm³/mol. The van der Waals surface area contributed by atoms with Crippen molar-refractivity contribution in [1.82, 2.24) is 0 Å². The van der Waals surface area contributed by atoms with Gasteiger partial charge in [0.15, 0.2) is 0 Å². The van der Waals surface area contributed by atoms with E-state index in [2.05, 4.69) is 13.0 Å². The van der Waals surface area contributed by atoms with Crippen molar-refractivity contribution in [2.75, 3.05) is 0 Å². The van der Waals surface area contributed by atoms with E-state index in [1.807, 2.05) is 19.1 Å². The summed E-state index contributed by atoms with van der Waals surface area (Å²) in [4.78, 5) is 0. The molecule has 1 heteroatoms. The van der Waals surface area contributed by atoms with Crippen LogP contribution in [-0.2, 0) is 0 Å². The molecule has 0 amide bonds. The fourth-order valence-electron chi connectivity index (χ4n) is 6.28. The second kappa shape index (κ2) is 7.41. The third-order valence-corrected chi connectivity index (χ3v) is 8.05. The summed E-state index contributed by atoms with van der Waals surface area (Å²) in [6.07, 6.45) is 14.3. The van der Waals surface area contributed by atoms with Gasteiger partial charge in [0.1, 0.15) is 5.82 Å². The number of hydrogen-bond acceptors (Lipinski definition) is 0. The molecule has 3 aliphatic carbocycles. The van der Waals surface area contributed by atoms with Gasteiger partial charge < -0.3 is 0 Å². The Morgan fingerprint density at radius 2 is 1.36 bits per heavy atom. The van der Waals surface area contributed by atoms with Crippen LogP contribution in [0.25, 0.3) is 0 Å². The van der Waals surface area contributed by atoms with E-state index in [1.165, 1.54) is 69.8 Å². The molecule has 138 valence electrons. The van der Waals surface area contributed by atoms with Gasteiger partial charge in [-0.3, -0.25) is 0 Å². The van der Waals surface area contributed by atoms with Crippen LogP contribution in [0.5, 0.6) is 0 Å². The first-order valence-corrected chi connectivity index (χ1v) is 10.9. The summed E-state index contributed by atoms with van der Waals surface area (Å²) in [5.41, 5.74) is 2.03. The molecule has 1 aromatic rings. The average molecular weight is 343 g/mol. The van der Waals surface area contributed by atoms with Crippen LogP contribution in [0.1, 0.15) is 88.2 Å². The third kappa shape index (κ3) is 3.81. The van der Waals surface area contributed by atoms with Crippen LogP contribution in [0, 0.1) is 42.3 Å². The summed E-state index contributed by atoms with van der Waals surface area (Å²) < 4.78 is 14.0. The van der Waals surface area contributed by atoms with Crippen LogP contribution in [-0.4, -0.2) is 0 Å². The Balaban J connectivity index is 1.36. The summed E-state index contributed by atoms with van der Waals surface area (Å²) >= 11 is 0. The van der Waals surface area contributed by atoms with Gasteiger partial charge in [0, 0.05) is 0 Å². The topological polar surface area (TPSA) is 0 Å². The Hall–Kier alpha value is -0.850. The molecule has 0 radical (unpaired) electrons. The maximum atomic E-state index is 14.0. The van der Waals surface area contributed by atoms with E-state index in [1.54, 1.807) is 0 Å². The molecule has 3 fully saturated rings. The molecule has 0 aliphatic heterocycles. The molecule has 0 aromatic heterocycles. The van der Waals surface area contributed by atoms with E-state index >= 15 is 0 Å². The summed E-state index contributed by atoms with van der Waals surface area (Å²) in [5, 5.41) is 0. The Bertz CT molecular complexity index is 584. The monoisotopic (exact) mass is 342 g/mol. The van der Waals surface area contributed by atoms with Crippen LogP contribution in [0.4, 0.5) is 4.39 Å². The van der Waals surface area contributed by atoms with Crippen molar-refractivity contribution in [2.45, 2.75) is 84.0 Å². The van der Waals surface area contributed by atoms with Crippen molar-refractivity contribution in [1.29, 1.82) is 0 Å². The van der Waals surface area contributed by atoms with Crippen molar-refractivity contribution >= 4 is 0 Å². The quantitative estimate of drug-likeness (QED) is 0.530. The number of halogens is 1. The molecule has 0 saturated heterocycles. The lowest BCUT2D eigenvalue weighted by Gasteiger charge is -2.45. The van der Waals surface area contributed by atoms with Crippen LogP contribution >= 0.6 is 0 Å². The zero-order chi connectivity index (χ0) is 17.4. The number of benzene rings is 1. The van der Waals surface area contributed by atoms with Crippen molar-refractivity contribution in [3.63, 3.8) is 0 Å². The average Bonchev–Trinajstić information content (AvgIpc) is 2.64. The van der Waals surface area contributed by atoms with E-state index in [9.17, 15) is 4.39 Å². The van der Waals surface area contributed by atoms with Crippen LogP contribution in [0.15, 0.2) is 18.2 Å². The van der Waals surface area contributed by atoms with E-state index in [0.29, 0.717) is 5.92 Å². The standard InChI is InChI=1S/C24H35F/c1-16-3-6-18(7-4-16)19-9-10-21-14-22(12-11-20(21)13-19)23-8-5-17(2)24(25)15-23/h5,8,15-16,18-22H,3-4,6-7,9-14H2,1-2H3. The molecule has 0 nitrogen and oxygen atoms in total. The summed E-state index contributed by atoms with van der Waals surface area (Å²) in [6, 6.07) is 5.96. The zero-order valence-electron chi connectivity index (χ0n) is 16.1. The van der Waals surface area contributed by atoms with Gasteiger partial charge in [0.2, 0.25) is 0 Å². The minimum atomic E-state index is -0.0186. The predicted octanol–water partition coefficient (Wildman–Crippen LogP) is 7.26. The number of aryl methyl sites for hydroxylation is 1. The molecular formula is C24H35F. The molecule has 0 bridgehead atoms. The van der Waals surface area contributed by atoms with Gasteiger partial charge in [-0.25, -0.2) is 4.39 Å². The van der Waals surface area contributed by atoms with Gasteiger partial charge in [0.25, 0.3) is 0 Å². The second-order valence-corrected chi connectivity index (χ2v) is 9.63. The fraction of sp³-hybridized carbons (Fsp3) is 0.750. The van der Waals surface area contributed by atoms with Gasteiger partial charge >= 0.3 is 0 Å². The molecular weight excluding hydrogens is 307 g/mol. The van der Waals surface area contributed by atoms with E-state index < -0.39 is 0 Å². The van der Waals surface area contributed by atoms with E-state index in [-0.39, 0.29) is 5.82 Å². The molecule has 0 spiro atoms. The highest BCUT2D eigenvalue weighted by molar-refractivity contribution is 5.26. The first-order chi connectivity index (χ1) is 12.1. The number of rotatable bonds is 2. The Labute approximate surface area is 153 Å². The molecule has 3 saturated carbocycles. The second-order valence-electron chi connectivity index (χ2n) is 9.63. The molecule has 4 unspecified atom stereocenters. The molecule has 25 heavy (non-hydrogen) atoms. The zero-order valence-corrected chi connectivity index (χ0v) is 16.1. The van der Waals surface area contributed by atoms with Crippen molar-refractivity contribution in [3.8, 4) is 0 Å². The summed E-state index contributed by atoms with van der Waals surface area (Å²) in [5.74, 6) is 5.46. The first-order valence-electron chi connectivity index (χ1n) is 10.9. The largest absolute Gasteiger partial charge is 0.207 e. The lowest BCUT2D eigenvalue weighted by Crippen LogP contribution is -2.34. The van der Waals surface area contributed by atoms with Crippen molar-refractivity contribution < 1.29 is 4.39 Å². The van der Waals surface area contributed by atoms with E-state index in [4.69, 9.17) is 0 Å². The van der Waals surface area contributed by atoms with Gasteiger partial charge in [-0.05, 0) is 111 Å². The van der Waals surface area contributed by atoms with Gasteiger partial charge in [-0.15, -0.1) is 0 Å². The van der Waals surface area contributed by atoms with Crippen LogP contribution in [0.3, 0.4) is 0 Å². The molecule has 0 heterocycles. The number of hydrogen-bond donors (Lipinski definition) is 0. The van der Waals surface area contributed by atoms with E-state index in [0.717, 1.165) is 35.2 Å². The van der Waals surface area contributed by atoms with Crippen LogP contribution < -0.4 is 0 Å². The first kappa shape index (κ1) is 17.6. The lowest BCUT2D eigenvalue weighted by atomic mass is 9.60. The molecule has 3 aliphatic rings. The highest BCUT2D eigenvalue weighted by Crippen LogP contribution is 2.50. The minimum absolute atomic E-state index is 0.0186. The highest BCUT2D eigenvalue weighted by atomic mass is 19.1. The Morgan fingerprint density at radius 1 is 0.760 bits per heavy atom. The van der Waals surface area contributed by atoms with Crippen molar-refractivity contribution in [3.05, 3.63) is 35.1 Å². The molecule has 4 atom stereocenters. The maximum absolute atomic E-state index is 14.0. The number of fused-ring (bicyclic) bond motifs is 1. The maximum Gasteiger partial charge on any atom is 0.126 e. The van der Waals surface area contributed by atoms with Gasteiger partial charge in [0.05, 0.1) is 0 Å². The van der Waals surface area contributed by atoms with Crippen molar-refractivity contribution in [2.24, 2.45) is 29.6 Å². The minimum Gasteiger partial charge on any atom is -0.207 e. The third-order valence-electron chi connectivity index (χ3n) is 8.05. The SMILES string of the molecule is Cc1ccc(C2CCC3CC(C4CCC(C)CC4)CCC3C2)cc1F. The van der Waals surface area contributed by atoms with Gasteiger partial charge in [-0.2, -0.15) is 0 Å². The normalized spacial score (nSPS) is 39.0. The lowest BCUT2D eigenvalue weighted by molar-refractivity contribution is 0.0732. The molecule has 0 N–H and O–H groups in total. The molecule has 4 rings (SSSR count).